The van der Waals surface area contributed by atoms with Gasteiger partial charge in [0.1, 0.15) is 5.82 Å². The van der Waals surface area contributed by atoms with Crippen LogP contribution < -0.4 is 10.9 Å². The maximum absolute atomic E-state index is 13.6. The van der Waals surface area contributed by atoms with Crippen molar-refractivity contribution >= 4 is 20.7 Å². The average molecular weight is 415 g/mol. The minimum absolute atomic E-state index is 0.108. The Labute approximate surface area is 169 Å². The standard InChI is InChI=1S/C22H23FN2O3S/c1-15-5-6-21-17(9-15)11-18(12-24-20-7-8-29(27,28)14-20)22(26)25(21)13-16-3-2-4-19(23)10-16/h2-6,9-11,20,24H,7-8,12-14H2,1H3/t20-/m0/s1. The van der Waals surface area contributed by atoms with Crippen molar-refractivity contribution in [2.75, 3.05) is 11.5 Å². The first-order valence-electron chi connectivity index (χ1n) is 9.62. The summed E-state index contributed by atoms with van der Waals surface area (Å²) < 4.78 is 38.6. The van der Waals surface area contributed by atoms with Crippen molar-refractivity contribution in [2.24, 2.45) is 0 Å². The zero-order chi connectivity index (χ0) is 20.6. The van der Waals surface area contributed by atoms with Crippen molar-refractivity contribution in [3.05, 3.63) is 81.4 Å². The predicted octanol–water partition coefficient (Wildman–Crippen LogP) is 2.77. The van der Waals surface area contributed by atoms with Crippen LogP contribution in [-0.4, -0.2) is 30.5 Å². The van der Waals surface area contributed by atoms with E-state index in [2.05, 4.69) is 5.32 Å². The third kappa shape index (κ3) is 4.41. The molecule has 1 N–H and O–H groups in total. The summed E-state index contributed by atoms with van der Waals surface area (Å²) in [6, 6.07) is 13.8. The smallest absolute Gasteiger partial charge is 0.255 e. The quantitative estimate of drug-likeness (QED) is 0.697. The molecule has 0 bridgehead atoms. The molecule has 2 heterocycles. The number of hydrogen-bond donors (Lipinski definition) is 1. The molecule has 0 saturated carbocycles. The van der Waals surface area contributed by atoms with E-state index in [9.17, 15) is 17.6 Å². The Hall–Kier alpha value is -2.51. The highest BCUT2D eigenvalue weighted by Crippen LogP contribution is 2.18. The molecule has 1 aliphatic heterocycles. The lowest BCUT2D eigenvalue weighted by atomic mass is 10.1. The van der Waals surface area contributed by atoms with E-state index in [1.165, 1.54) is 12.1 Å². The second kappa shape index (κ2) is 7.72. The van der Waals surface area contributed by atoms with Gasteiger partial charge in [-0.05, 0) is 54.6 Å². The van der Waals surface area contributed by atoms with Gasteiger partial charge in [-0.1, -0.05) is 23.8 Å². The number of nitrogens with one attached hydrogen (secondary N) is 1. The Balaban J connectivity index is 1.71. The molecule has 152 valence electrons. The van der Waals surface area contributed by atoms with Crippen LogP contribution in [0.1, 0.15) is 23.1 Å². The Morgan fingerprint density at radius 2 is 2.00 bits per heavy atom. The van der Waals surface area contributed by atoms with Crippen molar-refractivity contribution in [3.63, 3.8) is 0 Å². The molecule has 1 saturated heterocycles. The van der Waals surface area contributed by atoms with Crippen LogP contribution in [-0.2, 0) is 22.9 Å². The lowest BCUT2D eigenvalue weighted by Crippen LogP contribution is -2.33. The van der Waals surface area contributed by atoms with Crippen LogP contribution in [0.4, 0.5) is 4.39 Å². The second-order valence-corrected chi connectivity index (χ2v) is 9.96. The van der Waals surface area contributed by atoms with E-state index in [4.69, 9.17) is 0 Å². The van der Waals surface area contributed by atoms with Crippen LogP contribution >= 0.6 is 0 Å². The van der Waals surface area contributed by atoms with Gasteiger partial charge in [0.2, 0.25) is 0 Å². The molecule has 0 unspecified atom stereocenters. The summed E-state index contributed by atoms with van der Waals surface area (Å²) in [5, 5.41) is 4.15. The normalized spacial score (nSPS) is 18.3. The highest BCUT2D eigenvalue weighted by molar-refractivity contribution is 7.91. The molecule has 4 rings (SSSR count). The molecule has 3 aromatic rings. The summed E-state index contributed by atoms with van der Waals surface area (Å²) in [5.41, 5.74) is 3.00. The molecule has 5 nitrogen and oxygen atoms in total. The van der Waals surface area contributed by atoms with Gasteiger partial charge < -0.3 is 9.88 Å². The van der Waals surface area contributed by atoms with Gasteiger partial charge in [0.05, 0.1) is 23.6 Å². The molecular weight excluding hydrogens is 391 g/mol. The summed E-state index contributed by atoms with van der Waals surface area (Å²) in [6.45, 7) is 2.55. The van der Waals surface area contributed by atoms with Crippen molar-refractivity contribution in [1.29, 1.82) is 0 Å². The lowest BCUT2D eigenvalue weighted by molar-refractivity contribution is 0.550. The highest BCUT2D eigenvalue weighted by Gasteiger charge is 2.27. The number of rotatable bonds is 5. The molecule has 0 spiro atoms. The van der Waals surface area contributed by atoms with Crippen molar-refractivity contribution in [1.82, 2.24) is 9.88 Å². The summed E-state index contributed by atoms with van der Waals surface area (Å²) in [6.07, 6.45) is 0.562. The van der Waals surface area contributed by atoms with E-state index in [-0.39, 0.29) is 35.5 Å². The molecule has 0 radical (unpaired) electrons. The fourth-order valence-electron chi connectivity index (χ4n) is 3.88. The maximum atomic E-state index is 13.6. The topological polar surface area (TPSA) is 68.2 Å². The first-order chi connectivity index (χ1) is 13.8. The third-order valence-electron chi connectivity index (χ3n) is 5.37. The summed E-state index contributed by atoms with van der Waals surface area (Å²) >= 11 is 0. The van der Waals surface area contributed by atoms with E-state index < -0.39 is 9.84 Å². The van der Waals surface area contributed by atoms with Crippen LogP contribution in [0.25, 0.3) is 10.9 Å². The molecule has 1 atom stereocenters. The monoisotopic (exact) mass is 414 g/mol. The number of pyridine rings is 1. The number of sulfone groups is 1. The fourth-order valence-corrected chi connectivity index (χ4v) is 5.59. The maximum Gasteiger partial charge on any atom is 0.255 e. The zero-order valence-corrected chi connectivity index (χ0v) is 17.0. The van der Waals surface area contributed by atoms with Crippen LogP contribution in [0, 0.1) is 12.7 Å². The Kier molecular flexibility index (Phi) is 5.27. The molecular formula is C22H23FN2O3S. The van der Waals surface area contributed by atoms with Crippen LogP contribution in [0.15, 0.2) is 53.3 Å². The average Bonchev–Trinajstić information content (AvgIpc) is 3.01. The SMILES string of the molecule is Cc1ccc2c(c1)cc(CN[C@H]1CCS(=O)(=O)C1)c(=O)n2Cc1cccc(F)c1. The van der Waals surface area contributed by atoms with Gasteiger partial charge in [-0.25, -0.2) is 12.8 Å². The first kappa shape index (κ1) is 19.8. The molecule has 1 aliphatic rings. The number of hydrogen-bond acceptors (Lipinski definition) is 4. The van der Waals surface area contributed by atoms with Gasteiger partial charge >= 0.3 is 0 Å². The van der Waals surface area contributed by atoms with Gasteiger partial charge in [0.25, 0.3) is 5.56 Å². The van der Waals surface area contributed by atoms with Gasteiger partial charge in [0, 0.05) is 18.2 Å². The van der Waals surface area contributed by atoms with Gasteiger partial charge in [-0.2, -0.15) is 0 Å². The predicted molar refractivity (Wildman–Crippen MR) is 112 cm³/mol. The zero-order valence-electron chi connectivity index (χ0n) is 16.2. The van der Waals surface area contributed by atoms with Crippen molar-refractivity contribution in [3.8, 4) is 0 Å². The Morgan fingerprint density at radius 3 is 2.72 bits per heavy atom. The van der Waals surface area contributed by atoms with Crippen LogP contribution in [0.5, 0.6) is 0 Å². The Bertz CT molecular complexity index is 1230. The highest BCUT2D eigenvalue weighted by atomic mass is 32.2. The van der Waals surface area contributed by atoms with E-state index in [1.54, 1.807) is 16.7 Å². The van der Waals surface area contributed by atoms with Gasteiger partial charge in [-0.3, -0.25) is 4.79 Å². The fraction of sp³-hybridized carbons (Fsp3) is 0.318. The van der Waals surface area contributed by atoms with E-state index >= 15 is 0 Å². The molecule has 0 amide bonds. The number of fused-ring (bicyclic) bond motifs is 1. The number of nitrogens with zero attached hydrogens (tertiary/aromatic N) is 1. The van der Waals surface area contributed by atoms with E-state index in [0.717, 1.165) is 16.5 Å². The minimum Gasteiger partial charge on any atom is -0.309 e. The first-order valence-corrected chi connectivity index (χ1v) is 11.4. The summed E-state index contributed by atoms with van der Waals surface area (Å²) in [5.74, 6) is -0.0429. The van der Waals surface area contributed by atoms with Crippen molar-refractivity contribution in [2.45, 2.75) is 32.5 Å². The number of aryl methyl sites for hydroxylation is 1. The molecule has 1 fully saturated rings. The minimum atomic E-state index is -2.98. The summed E-state index contributed by atoms with van der Waals surface area (Å²) in [4.78, 5) is 13.2. The number of benzene rings is 2. The second-order valence-electron chi connectivity index (χ2n) is 7.73. The Morgan fingerprint density at radius 1 is 1.17 bits per heavy atom. The largest absolute Gasteiger partial charge is 0.309 e. The summed E-state index contributed by atoms with van der Waals surface area (Å²) in [7, 11) is -2.98. The molecule has 29 heavy (non-hydrogen) atoms. The molecule has 7 heteroatoms. The molecule has 2 aromatic carbocycles. The lowest BCUT2D eigenvalue weighted by Gasteiger charge is -2.16. The van der Waals surface area contributed by atoms with Crippen LogP contribution in [0.2, 0.25) is 0 Å². The number of halogens is 1. The van der Waals surface area contributed by atoms with Crippen LogP contribution in [0.3, 0.4) is 0 Å². The molecule has 1 aromatic heterocycles. The van der Waals surface area contributed by atoms with E-state index in [0.29, 0.717) is 24.1 Å². The third-order valence-corrected chi connectivity index (χ3v) is 7.13. The van der Waals surface area contributed by atoms with Gasteiger partial charge in [-0.15, -0.1) is 0 Å². The van der Waals surface area contributed by atoms with Gasteiger partial charge in [0.15, 0.2) is 9.84 Å². The number of aromatic nitrogens is 1. The van der Waals surface area contributed by atoms with E-state index in [1.807, 2.05) is 31.2 Å². The van der Waals surface area contributed by atoms with Crippen molar-refractivity contribution < 1.29 is 12.8 Å². The molecule has 0 aliphatic carbocycles.